The van der Waals surface area contributed by atoms with E-state index in [9.17, 15) is 5.11 Å². The van der Waals surface area contributed by atoms with Gasteiger partial charge in [-0.3, -0.25) is 0 Å². The van der Waals surface area contributed by atoms with Crippen LogP contribution < -0.4 is 0 Å². The summed E-state index contributed by atoms with van der Waals surface area (Å²) >= 11 is 9.14. The van der Waals surface area contributed by atoms with Crippen LogP contribution in [0.15, 0.2) is 16.6 Å². The maximum absolute atomic E-state index is 9.75. The van der Waals surface area contributed by atoms with Crippen molar-refractivity contribution >= 4 is 27.5 Å². The first kappa shape index (κ1) is 10.9. The Hall–Kier alpha value is -0.210. The maximum atomic E-state index is 9.75. The molecule has 0 spiro atoms. The SMILES string of the molecule is CC(C)(C)c1cc(Cl)cc(Br)c1O. The molecule has 1 N–H and O–H groups in total. The normalized spacial score (nSPS) is 11.8. The molecule has 0 aliphatic heterocycles. The predicted molar refractivity (Wildman–Crippen MR) is 59.5 cm³/mol. The van der Waals surface area contributed by atoms with Crippen molar-refractivity contribution in [1.82, 2.24) is 0 Å². The van der Waals surface area contributed by atoms with Crippen molar-refractivity contribution in [2.45, 2.75) is 26.2 Å². The van der Waals surface area contributed by atoms with Gasteiger partial charge in [0.2, 0.25) is 0 Å². The van der Waals surface area contributed by atoms with Crippen molar-refractivity contribution in [3.63, 3.8) is 0 Å². The Morgan fingerprint density at radius 2 is 1.85 bits per heavy atom. The molecule has 0 amide bonds. The fraction of sp³-hybridized carbons (Fsp3) is 0.400. The second-order valence-electron chi connectivity index (χ2n) is 4.03. The number of phenols is 1. The first-order valence-electron chi connectivity index (χ1n) is 4.01. The van der Waals surface area contributed by atoms with Crippen LogP contribution in [0, 0.1) is 0 Å². The third kappa shape index (κ3) is 2.38. The van der Waals surface area contributed by atoms with Gasteiger partial charge in [-0.05, 0) is 33.5 Å². The molecule has 1 rings (SSSR count). The van der Waals surface area contributed by atoms with E-state index in [1.807, 2.05) is 20.8 Å². The van der Waals surface area contributed by atoms with Crippen LogP contribution >= 0.6 is 27.5 Å². The van der Waals surface area contributed by atoms with Crippen molar-refractivity contribution in [2.24, 2.45) is 0 Å². The standard InChI is InChI=1S/C10H12BrClO/c1-10(2,3)7-4-6(12)5-8(11)9(7)13/h4-5,13H,1-3H3. The number of halogens is 2. The van der Waals surface area contributed by atoms with Gasteiger partial charge < -0.3 is 5.11 Å². The van der Waals surface area contributed by atoms with Gasteiger partial charge in [-0.25, -0.2) is 0 Å². The van der Waals surface area contributed by atoms with Crippen LogP contribution in [0.4, 0.5) is 0 Å². The Balaban J connectivity index is 3.37. The molecular formula is C10H12BrClO. The van der Waals surface area contributed by atoms with Crippen LogP contribution in [-0.2, 0) is 5.41 Å². The van der Waals surface area contributed by atoms with E-state index in [0.29, 0.717) is 9.50 Å². The van der Waals surface area contributed by atoms with E-state index < -0.39 is 0 Å². The third-order valence-electron chi connectivity index (χ3n) is 1.84. The molecule has 1 aromatic carbocycles. The van der Waals surface area contributed by atoms with Gasteiger partial charge in [0, 0.05) is 10.6 Å². The van der Waals surface area contributed by atoms with Gasteiger partial charge in [0.25, 0.3) is 0 Å². The van der Waals surface area contributed by atoms with Gasteiger partial charge in [0.05, 0.1) is 4.47 Å². The lowest BCUT2D eigenvalue weighted by atomic mass is 9.86. The lowest BCUT2D eigenvalue weighted by Gasteiger charge is -2.21. The summed E-state index contributed by atoms with van der Waals surface area (Å²) in [6.07, 6.45) is 0. The summed E-state index contributed by atoms with van der Waals surface area (Å²) in [7, 11) is 0. The molecule has 13 heavy (non-hydrogen) atoms. The third-order valence-corrected chi connectivity index (χ3v) is 2.66. The lowest BCUT2D eigenvalue weighted by molar-refractivity contribution is 0.443. The van der Waals surface area contributed by atoms with Crippen LogP contribution in [-0.4, -0.2) is 5.11 Å². The molecule has 0 heterocycles. The van der Waals surface area contributed by atoms with Crippen molar-refractivity contribution < 1.29 is 5.11 Å². The number of aromatic hydroxyl groups is 1. The molecule has 3 heteroatoms. The van der Waals surface area contributed by atoms with Gasteiger partial charge >= 0.3 is 0 Å². The Morgan fingerprint density at radius 1 is 1.31 bits per heavy atom. The zero-order chi connectivity index (χ0) is 10.2. The second kappa shape index (κ2) is 3.50. The van der Waals surface area contributed by atoms with E-state index in [2.05, 4.69) is 15.9 Å². The quantitative estimate of drug-likeness (QED) is 0.747. The summed E-state index contributed by atoms with van der Waals surface area (Å²) in [6, 6.07) is 3.48. The molecule has 0 aliphatic rings. The topological polar surface area (TPSA) is 20.2 Å². The van der Waals surface area contributed by atoms with E-state index in [1.165, 1.54) is 0 Å². The smallest absolute Gasteiger partial charge is 0.133 e. The van der Waals surface area contributed by atoms with Gasteiger partial charge in [-0.15, -0.1) is 0 Å². The fourth-order valence-electron chi connectivity index (χ4n) is 1.14. The molecule has 0 aliphatic carbocycles. The van der Waals surface area contributed by atoms with Crippen molar-refractivity contribution in [1.29, 1.82) is 0 Å². The zero-order valence-electron chi connectivity index (χ0n) is 7.86. The molecule has 0 aromatic heterocycles. The molecule has 72 valence electrons. The number of benzene rings is 1. The van der Waals surface area contributed by atoms with Gasteiger partial charge in [-0.2, -0.15) is 0 Å². The maximum Gasteiger partial charge on any atom is 0.133 e. The molecule has 0 fully saturated rings. The summed E-state index contributed by atoms with van der Waals surface area (Å²) < 4.78 is 0.643. The highest BCUT2D eigenvalue weighted by Gasteiger charge is 2.20. The molecule has 0 saturated carbocycles. The van der Waals surface area contributed by atoms with Crippen LogP contribution in [0.2, 0.25) is 5.02 Å². The average molecular weight is 264 g/mol. The van der Waals surface area contributed by atoms with E-state index in [4.69, 9.17) is 11.6 Å². The first-order chi connectivity index (χ1) is 5.82. The second-order valence-corrected chi connectivity index (χ2v) is 5.32. The number of hydrogen-bond donors (Lipinski definition) is 1. The highest BCUT2D eigenvalue weighted by Crippen LogP contribution is 2.38. The predicted octanol–water partition coefficient (Wildman–Crippen LogP) is 4.11. The van der Waals surface area contributed by atoms with Gasteiger partial charge in [-0.1, -0.05) is 32.4 Å². The molecule has 0 saturated heterocycles. The van der Waals surface area contributed by atoms with Crippen LogP contribution in [0.25, 0.3) is 0 Å². The van der Waals surface area contributed by atoms with E-state index >= 15 is 0 Å². The van der Waals surface area contributed by atoms with Crippen molar-refractivity contribution in [2.75, 3.05) is 0 Å². The zero-order valence-corrected chi connectivity index (χ0v) is 10.2. The highest BCUT2D eigenvalue weighted by molar-refractivity contribution is 9.10. The highest BCUT2D eigenvalue weighted by atomic mass is 79.9. The van der Waals surface area contributed by atoms with Crippen LogP contribution in [0.3, 0.4) is 0 Å². The fourth-order valence-corrected chi connectivity index (χ4v) is 1.95. The molecule has 0 radical (unpaired) electrons. The van der Waals surface area contributed by atoms with Gasteiger partial charge in [0.15, 0.2) is 0 Å². The summed E-state index contributed by atoms with van der Waals surface area (Å²) in [5, 5.41) is 10.4. The van der Waals surface area contributed by atoms with E-state index in [0.717, 1.165) is 5.56 Å². The summed E-state index contributed by atoms with van der Waals surface area (Å²) in [5.41, 5.74) is 0.754. The largest absolute Gasteiger partial charge is 0.506 e. The lowest BCUT2D eigenvalue weighted by Crippen LogP contribution is -2.11. The Morgan fingerprint density at radius 3 is 2.31 bits per heavy atom. The minimum absolute atomic E-state index is 0.0997. The monoisotopic (exact) mass is 262 g/mol. The molecule has 1 nitrogen and oxygen atoms in total. The summed E-state index contributed by atoms with van der Waals surface area (Å²) in [6.45, 7) is 6.10. The molecule has 1 aromatic rings. The Bertz CT molecular complexity index is 328. The van der Waals surface area contributed by atoms with Crippen molar-refractivity contribution in [3.05, 3.63) is 27.2 Å². The van der Waals surface area contributed by atoms with Crippen LogP contribution in [0.1, 0.15) is 26.3 Å². The van der Waals surface area contributed by atoms with Crippen LogP contribution in [0.5, 0.6) is 5.75 Å². The van der Waals surface area contributed by atoms with Crippen molar-refractivity contribution in [3.8, 4) is 5.75 Å². The summed E-state index contributed by atoms with van der Waals surface area (Å²) in [5.74, 6) is 0.275. The number of hydrogen-bond acceptors (Lipinski definition) is 1. The summed E-state index contributed by atoms with van der Waals surface area (Å²) in [4.78, 5) is 0. The minimum atomic E-state index is -0.0997. The molecule has 0 unspecified atom stereocenters. The first-order valence-corrected chi connectivity index (χ1v) is 5.18. The number of phenolic OH excluding ortho intramolecular Hbond substituents is 1. The molecular weight excluding hydrogens is 251 g/mol. The molecule has 0 atom stereocenters. The Kier molecular flexibility index (Phi) is 2.93. The molecule has 0 bridgehead atoms. The van der Waals surface area contributed by atoms with E-state index in [1.54, 1.807) is 12.1 Å². The van der Waals surface area contributed by atoms with E-state index in [-0.39, 0.29) is 11.2 Å². The number of rotatable bonds is 0. The van der Waals surface area contributed by atoms with Gasteiger partial charge in [0.1, 0.15) is 5.75 Å². The Labute approximate surface area is 91.9 Å². The average Bonchev–Trinajstić information content (AvgIpc) is 1.94. The minimum Gasteiger partial charge on any atom is -0.506 e.